The minimum Gasteiger partial charge on any atom is -0.495 e. The number of methoxy groups -OCH3 is 2. The lowest BCUT2D eigenvalue weighted by atomic mass is 10.2. The number of amides is 1. The molecule has 0 bridgehead atoms. The lowest BCUT2D eigenvalue weighted by molar-refractivity contribution is -0.118. The summed E-state index contributed by atoms with van der Waals surface area (Å²) in [5, 5.41) is 3.06. The number of rotatable bonds is 6. The molecule has 132 valence electrons. The van der Waals surface area contributed by atoms with Crippen LogP contribution in [0.15, 0.2) is 40.9 Å². The molecule has 1 N–H and O–H groups in total. The first-order valence-electron chi connectivity index (χ1n) is 7.08. The van der Waals surface area contributed by atoms with Crippen molar-refractivity contribution in [2.45, 2.75) is 0 Å². The van der Waals surface area contributed by atoms with E-state index < -0.39 is 5.97 Å². The monoisotopic (exact) mass is 427 g/mol. The average molecular weight is 429 g/mol. The van der Waals surface area contributed by atoms with E-state index in [1.54, 1.807) is 36.4 Å². The van der Waals surface area contributed by atoms with Crippen LogP contribution in [-0.4, -0.2) is 32.7 Å². The number of benzene rings is 2. The van der Waals surface area contributed by atoms with Crippen LogP contribution in [-0.2, 0) is 9.53 Å². The van der Waals surface area contributed by atoms with Crippen molar-refractivity contribution in [2.75, 3.05) is 26.1 Å². The zero-order valence-electron chi connectivity index (χ0n) is 13.5. The quantitative estimate of drug-likeness (QED) is 0.706. The predicted octanol–water partition coefficient (Wildman–Crippen LogP) is 3.92. The molecule has 0 spiro atoms. The summed E-state index contributed by atoms with van der Waals surface area (Å²) in [6, 6.07) is 9.59. The molecular weight excluding hydrogens is 414 g/mol. The molecule has 0 heterocycles. The second-order valence-electron chi connectivity index (χ2n) is 4.82. The number of ether oxygens (including phenoxy) is 3. The zero-order valence-corrected chi connectivity index (χ0v) is 15.8. The third-order valence-corrected chi connectivity index (χ3v) is 4.06. The van der Waals surface area contributed by atoms with Gasteiger partial charge in [0.05, 0.1) is 29.3 Å². The number of carbonyl (C=O) groups is 2. The third-order valence-electron chi connectivity index (χ3n) is 3.15. The summed E-state index contributed by atoms with van der Waals surface area (Å²) in [6.07, 6.45) is 0. The van der Waals surface area contributed by atoms with Gasteiger partial charge >= 0.3 is 5.97 Å². The number of anilines is 1. The number of halogens is 2. The van der Waals surface area contributed by atoms with Gasteiger partial charge in [0.25, 0.3) is 5.91 Å². The van der Waals surface area contributed by atoms with E-state index in [4.69, 9.17) is 21.1 Å². The number of hydrogen-bond acceptors (Lipinski definition) is 5. The molecule has 2 rings (SSSR count). The summed E-state index contributed by atoms with van der Waals surface area (Å²) in [5.41, 5.74) is 0.901. The molecule has 2 aromatic rings. The average Bonchev–Trinajstić information content (AvgIpc) is 2.60. The maximum Gasteiger partial charge on any atom is 0.337 e. The van der Waals surface area contributed by atoms with Gasteiger partial charge in [-0.05, 0) is 52.3 Å². The van der Waals surface area contributed by atoms with Crippen LogP contribution in [0.1, 0.15) is 10.4 Å². The van der Waals surface area contributed by atoms with Gasteiger partial charge in [0.15, 0.2) is 6.61 Å². The van der Waals surface area contributed by atoms with E-state index in [0.29, 0.717) is 32.2 Å². The molecule has 25 heavy (non-hydrogen) atoms. The van der Waals surface area contributed by atoms with Crippen molar-refractivity contribution in [3.63, 3.8) is 0 Å². The highest BCUT2D eigenvalue weighted by Gasteiger charge is 2.11. The van der Waals surface area contributed by atoms with Crippen molar-refractivity contribution in [1.82, 2.24) is 0 Å². The van der Waals surface area contributed by atoms with Crippen LogP contribution in [0.2, 0.25) is 5.02 Å². The summed E-state index contributed by atoms with van der Waals surface area (Å²) in [6.45, 7) is -0.209. The van der Waals surface area contributed by atoms with E-state index >= 15 is 0 Å². The summed E-state index contributed by atoms with van der Waals surface area (Å²) in [7, 11) is 2.81. The van der Waals surface area contributed by atoms with Gasteiger partial charge in [0.2, 0.25) is 0 Å². The molecule has 2 aromatic carbocycles. The van der Waals surface area contributed by atoms with Crippen LogP contribution in [0.4, 0.5) is 5.69 Å². The number of hydrogen-bond donors (Lipinski definition) is 1. The van der Waals surface area contributed by atoms with E-state index in [-0.39, 0.29) is 12.5 Å². The molecule has 0 aliphatic heterocycles. The molecule has 6 nitrogen and oxygen atoms in total. The smallest absolute Gasteiger partial charge is 0.337 e. The van der Waals surface area contributed by atoms with Gasteiger partial charge < -0.3 is 19.5 Å². The second-order valence-corrected chi connectivity index (χ2v) is 6.08. The lowest BCUT2D eigenvalue weighted by Crippen LogP contribution is -2.20. The van der Waals surface area contributed by atoms with Gasteiger partial charge in [-0.25, -0.2) is 4.79 Å². The fourth-order valence-corrected chi connectivity index (χ4v) is 2.70. The van der Waals surface area contributed by atoms with Crippen molar-refractivity contribution in [1.29, 1.82) is 0 Å². The standard InChI is InChI=1S/C17H15BrClNO5/c1-23-15-6-4-11(8-13(15)19)20-16(21)9-25-14-5-3-10(7-12(14)18)17(22)24-2/h3-8H,9H2,1-2H3,(H,20,21). The van der Waals surface area contributed by atoms with Gasteiger partial charge in [-0.15, -0.1) is 0 Å². The van der Waals surface area contributed by atoms with E-state index in [0.717, 1.165) is 0 Å². The van der Waals surface area contributed by atoms with E-state index in [1.807, 2.05) is 0 Å². The Hall–Kier alpha value is -2.25. The second kappa shape index (κ2) is 8.73. The molecule has 0 radical (unpaired) electrons. The molecule has 0 aromatic heterocycles. The Bertz CT molecular complexity index is 797. The molecule has 0 aliphatic rings. The molecule has 0 aliphatic carbocycles. The Morgan fingerprint density at radius 1 is 1.12 bits per heavy atom. The molecule has 1 amide bonds. The summed E-state index contributed by atoms with van der Waals surface area (Å²) < 4.78 is 15.7. The highest BCUT2D eigenvalue weighted by Crippen LogP contribution is 2.28. The Balaban J connectivity index is 1.96. The number of carbonyl (C=O) groups excluding carboxylic acids is 2. The molecular formula is C17H15BrClNO5. The first kappa shape index (κ1) is 19.1. The molecule has 0 fully saturated rings. The van der Waals surface area contributed by atoms with Crippen molar-refractivity contribution >= 4 is 45.1 Å². The number of esters is 1. The summed E-state index contributed by atoms with van der Waals surface area (Å²) >= 11 is 9.30. The topological polar surface area (TPSA) is 73.9 Å². The van der Waals surface area contributed by atoms with Crippen LogP contribution >= 0.6 is 27.5 Å². The zero-order chi connectivity index (χ0) is 18.4. The fourth-order valence-electron chi connectivity index (χ4n) is 1.95. The molecule has 0 atom stereocenters. The molecule has 8 heteroatoms. The van der Waals surface area contributed by atoms with Crippen LogP contribution in [0.3, 0.4) is 0 Å². The normalized spacial score (nSPS) is 10.1. The maximum atomic E-state index is 12.0. The third kappa shape index (κ3) is 5.11. The summed E-state index contributed by atoms with van der Waals surface area (Å²) in [5.74, 6) is 0.132. The van der Waals surface area contributed by atoms with Gasteiger partial charge in [0, 0.05) is 5.69 Å². The number of nitrogens with one attached hydrogen (secondary N) is 1. The van der Waals surface area contributed by atoms with Crippen molar-refractivity contribution in [3.8, 4) is 11.5 Å². The minimum atomic E-state index is -0.457. The van der Waals surface area contributed by atoms with Crippen LogP contribution in [0, 0.1) is 0 Å². The first-order chi connectivity index (χ1) is 11.9. The fraction of sp³-hybridized carbons (Fsp3) is 0.176. The van der Waals surface area contributed by atoms with Crippen molar-refractivity contribution in [2.24, 2.45) is 0 Å². The largest absolute Gasteiger partial charge is 0.495 e. The minimum absolute atomic E-state index is 0.209. The van der Waals surface area contributed by atoms with Gasteiger partial charge in [-0.2, -0.15) is 0 Å². The maximum absolute atomic E-state index is 12.0. The Morgan fingerprint density at radius 2 is 1.84 bits per heavy atom. The highest BCUT2D eigenvalue weighted by atomic mass is 79.9. The SMILES string of the molecule is COC(=O)c1ccc(OCC(=O)Nc2ccc(OC)c(Cl)c2)c(Br)c1. The Labute approximate surface area is 158 Å². The van der Waals surface area contributed by atoms with Gasteiger partial charge in [0.1, 0.15) is 11.5 Å². The van der Waals surface area contributed by atoms with Crippen LogP contribution < -0.4 is 14.8 Å². The van der Waals surface area contributed by atoms with E-state index in [1.165, 1.54) is 14.2 Å². The van der Waals surface area contributed by atoms with Crippen LogP contribution in [0.25, 0.3) is 0 Å². The van der Waals surface area contributed by atoms with Gasteiger partial charge in [-0.1, -0.05) is 11.6 Å². The summed E-state index contributed by atoms with van der Waals surface area (Å²) in [4.78, 5) is 23.4. The lowest BCUT2D eigenvalue weighted by Gasteiger charge is -2.11. The van der Waals surface area contributed by atoms with Crippen molar-refractivity contribution in [3.05, 3.63) is 51.5 Å². The highest BCUT2D eigenvalue weighted by molar-refractivity contribution is 9.10. The van der Waals surface area contributed by atoms with Crippen molar-refractivity contribution < 1.29 is 23.8 Å². The predicted molar refractivity (Wildman–Crippen MR) is 97.6 cm³/mol. The Morgan fingerprint density at radius 3 is 2.44 bits per heavy atom. The molecule has 0 saturated carbocycles. The first-order valence-corrected chi connectivity index (χ1v) is 8.25. The van der Waals surface area contributed by atoms with E-state index in [9.17, 15) is 9.59 Å². The van der Waals surface area contributed by atoms with Gasteiger partial charge in [-0.3, -0.25) is 4.79 Å². The molecule has 0 unspecified atom stereocenters. The van der Waals surface area contributed by atoms with E-state index in [2.05, 4.69) is 26.0 Å². The molecule has 0 saturated heterocycles. The van der Waals surface area contributed by atoms with Crippen LogP contribution in [0.5, 0.6) is 11.5 Å². The Kier molecular flexibility index (Phi) is 6.66.